The number of ketones is 12. The monoisotopic (exact) mass is 1440 g/mol. The zero-order valence-electron chi connectivity index (χ0n) is 55.8. The summed E-state index contributed by atoms with van der Waals surface area (Å²) in [4.78, 5) is 206. The van der Waals surface area contributed by atoms with Gasteiger partial charge in [-0.2, -0.15) is 0 Å². The van der Waals surface area contributed by atoms with Crippen molar-refractivity contribution in [3.05, 3.63) is 88.0 Å². The largest absolute Gasteiger partial charge is 1.00 e. The van der Waals surface area contributed by atoms with Gasteiger partial charge in [-0.1, -0.05) is 57.2 Å². The van der Waals surface area contributed by atoms with Crippen LogP contribution < -0.4 is 46.8 Å². The molecule has 6 fully saturated rings. The molecule has 0 aromatic heterocycles. The van der Waals surface area contributed by atoms with Crippen molar-refractivity contribution >= 4 is 95.0 Å². The number of hydrogen-bond acceptors (Lipinski definition) is 29. The Morgan fingerprint density at radius 2 is 0.604 bits per heavy atom. The summed E-state index contributed by atoms with van der Waals surface area (Å²) in [6.07, 6.45) is -4.86. The Kier molecular flexibility index (Phi) is 21.6. The summed E-state index contributed by atoms with van der Waals surface area (Å²) in [5, 5.41) is 99.3. The molecule has 0 spiro atoms. The van der Waals surface area contributed by atoms with Crippen molar-refractivity contribution in [2.75, 3.05) is 42.3 Å². The first kappa shape index (κ1) is 78.7. The first-order valence-electron chi connectivity index (χ1n) is 31.2. The summed E-state index contributed by atoms with van der Waals surface area (Å²) < 4.78 is 17.2. The number of benzene rings is 3. The Bertz CT molecular complexity index is 3840. The van der Waals surface area contributed by atoms with Crippen LogP contribution in [0.1, 0.15) is 86.3 Å². The molecule has 9 aliphatic rings. The molecule has 0 aliphatic heterocycles. The van der Waals surface area contributed by atoms with Gasteiger partial charge in [0.25, 0.3) is 0 Å². The van der Waals surface area contributed by atoms with Gasteiger partial charge < -0.3 is 63.2 Å². The first-order valence-corrected chi connectivity index (χ1v) is 32.3. The number of fused-ring (bicyclic) bond motifs is 9. The molecule has 6 saturated carbocycles. The maximum absolute atomic E-state index is 13.6. The molecule has 12 rings (SSSR count). The van der Waals surface area contributed by atoms with Crippen LogP contribution in [0.25, 0.3) is 0 Å². The summed E-state index contributed by atoms with van der Waals surface area (Å²) in [6, 6.07) is 9.08. The molecule has 3 aromatic carbocycles. The number of nitrogens with zero attached hydrogens (tertiary/aromatic N) is 3. The van der Waals surface area contributed by atoms with Gasteiger partial charge in [0.2, 0.25) is 17.7 Å². The normalized spacial score (nSPS) is 37.2. The molecule has 0 saturated heterocycles. The van der Waals surface area contributed by atoms with E-state index in [2.05, 4.69) is 0 Å². The molecule has 0 heterocycles. The number of carbonyl (C=O) groups excluding carboxylic acids is 15. The smallest absolute Gasteiger partial charge is 0.507 e. The zero-order chi connectivity index (χ0) is 75.2. The number of rotatable bonds is 6. The third-order valence-electron chi connectivity index (χ3n) is 22.1. The molecule has 3 aromatic rings. The number of aromatic hydroxyl groups is 3. The van der Waals surface area contributed by atoms with Crippen molar-refractivity contribution in [2.24, 2.45) is 88.2 Å². The van der Waals surface area contributed by atoms with Crippen LogP contribution in [0, 0.1) is 71.0 Å². The van der Waals surface area contributed by atoms with Crippen molar-refractivity contribution < 1.29 is 161 Å². The van der Waals surface area contributed by atoms with Crippen LogP contribution in [0.3, 0.4) is 0 Å². The fraction of sp³-hybridized carbons (Fsp3) is 0.500. The number of phenols is 3. The minimum atomic E-state index is -3.12. The van der Waals surface area contributed by atoms with E-state index in [-0.39, 0.29) is 63.5 Å². The molecular weight excluding hydrogens is 1360 g/mol. The molecule has 0 radical (unpaired) electrons. The number of aliphatic hydroxyl groups excluding tert-OH is 3. The fourth-order valence-corrected chi connectivity index (χ4v) is 17.8. The summed E-state index contributed by atoms with van der Waals surface area (Å²) in [5.41, 5.74) is 7.75. The van der Waals surface area contributed by atoms with Crippen LogP contribution in [0.4, 0.5) is 0 Å². The van der Waals surface area contributed by atoms with Crippen molar-refractivity contribution in [3.63, 3.8) is 0 Å². The molecule has 16 N–H and O–H groups in total. The van der Waals surface area contributed by atoms with Gasteiger partial charge in [-0.05, 0) is 94.9 Å². The second-order valence-electron chi connectivity index (χ2n) is 27.6. The van der Waals surface area contributed by atoms with Gasteiger partial charge in [0.1, 0.15) is 17.2 Å². The van der Waals surface area contributed by atoms with E-state index in [4.69, 9.17) is 31.2 Å². The minimum Gasteiger partial charge on any atom is -0.507 e. The van der Waals surface area contributed by atoms with E-state index in [9.17, 15) is 118 Å². The predicted octanol–water partition coefficient (Wildman–Crippen LogP) is -7.73. The van der Waals surface area contributed by atoms with Gasteiger partial charge in [-0.3, -0.25) is 91.5 Å². The number of Topliss-reactive ketones (excluding diaryl/α,β-unsaturated/α-hetero) is 12. The van der Waals surface area contributed by atoms with E-state index in [1.807, 2.05) is 0 Å². The van der Waals surface area contributed by atoms with Gasteiger partial charge in [-0.25, -0.2) is 9.13 Å². The molecule has 33 nitrogen and oxygen atoms in total. The third-order valence-corrected chi connectivity index (χ3v) is 22.1. The summed E-state index contributed by atoms with van der Waals surface area (Å²) in [6.45, 7) is 4.98. The van der Waals surface area contributed by atoms with Crippen LogP contribution in [0.2, 0.25) is 0 Å². The van der Waals surface area contributed by atoms with Crippen LogP contribution in [0.5, 0.6) is 17.2 Å². The van der Waals surface area contributed by atoms with Gasteiger partial charge in [0.05, 0.1) is 88.6 Å². The standard InChI is InChI=1S/3C22H24N2O8.Na.HO3P/c3*1-7-8-5-4-6-9(25)11(8)16(26)12-10(7)17(27)14-15(24(2)3)18(28)13(21(23)31)20(30)22(14,32)19(12)29;;1-4(2)3/h3*4-7,10,12-15,17,25,27,32H,1-3H3,(H2,23,31);;(H,1,2,3)/q;;;+1;/t3*7-,10?,12?,13?,14?,15-,17-,22-;;/m000../s1. The molecule has 3 amide bonds. The van der Waals surface area contributed by atoms with Crippen LogP contribution in [-0.4, -0.2) is 248 Å². The second kappa shape index (κ2) is 27.7. The third kappa shape index (κ3) is 11.4. The quantitative estimate of drug-likeness (QED) is 0.0619. The average molecular weight is 1440 g/mol. The van der Waals surface area contributed by atoms with Crippen molar-refractivity contribution in [3.8, 4) is 17.2 Å². The van der Waals surface area contributed by atoms with Gasteiger partial charge >= 0.3 is 37.5 Å². The Hall–Kier alpha value is -7.99. The maximum atomic E-state index is 13.6. The summed E-state index contributed by atoms with van der Waals surface area (Å²) in [5.74, 6) is -39.2. The number of aliphatic hydroxyl groups is 6. The SMILES string of the molecule is C[C@H]1c2cccc(O)c2C(=O)C2C(=O)[C@]3(O)C(=O)C(C(N)=O)C(=O)[C@@H](N(C)C)C3[C@@H](O)C21.C[C@H]1c2cccc(O)c2C(=O)C2C(=O)[C@]3(O)C(=O)C(C(N)=O)C(=O)[C@@H](N(C)C)C3[C@@H](O)C21.C[C@H]1c2cccc(O)c2C(=O)C2C(=O)[C@]3(O)C(=O)C(C(N)=O)C(=O)[C@@H](N(C)C)C3[C@@H](O)C21.O=P(=O)O.[Na+]. The number of phenolic OH excluding ortho intramolecular Hbond substituents is 3. The van der Waals surface area contributed by atoms with E-state index >= 15 is 0 Å². The van der Waals surface area contributed by atoms with Crippen molar-refractivity contribution in [1.82, 2.24) is 14.7 Å². The van der Waals surface area contributed by atoms with Crippen molar-refractivity contribution in [1.29, 1.82) is 0 Å². The summed E-state index contributed by atoms with van der Waals surface area (Å²) in [7, 11) is 5.56. The molecule has 24 atom stereocenters. The predicted molar refractivity (Wildman–Crippen MR) is 333 cm³/mol. The number of carbonyl (C=O) groups is 15. The molecule has 35 heteroatoms. The Morgan fingerprint density at radius 1 is 0.406 bits per heavy atom. The van der Waals surface area contributed by atoms with E-state index in [1.165, 1.54) is 93.4 Å². The van der Waals surface area contributed by atoms with E-state index < -0.39 is 237 Å². The Labute approximate surface area is 595 Å². The first-order chi connectivity index (χ1) is 46.3. The van der Waals surface area contributed by atoms with E-state index in [0.717, 1.165) is 0 Å². The Balaban J connectivity index is 0.000000186. The Morgan fingerprint density at radius 3 is 0.782 bits per heavy atom. The van der Waals surface area contributed by atoms with Crippen LogP contribution in [-0.2, 0) is 66.7 Å². The zero-order valence-corrected chi connectivity index (χ0v) is 58.6. The van der Waals surface area contributed by atoms with Gasteiger partial charge in [-0.15, -0.1) is 0 Å². The second-order valence-corrected chi connectivity index (χ2v) is 28.0. The molecule has 534 valence electrons. The molecular formula is C66H73N6NaO27P+. The molecule has 0 bridgehead atoms. The average Bonchev–Trinajstić information content (AvgIpc) is 0.702. The minimum absolute atomic E-state index is 0. The van der Waals surface area contributed by atoms with E-state index in [0.29, 0.717) is 16.7 Å². The van der Waals surface area contributed by atoms with Crippen LogP contribution in [0.15, 0.2) is 54.6 Å². The molecule has 9 aliphatic carbocycles. The number of primary amides is 3. The van der Waals surface area contributed by atoms with Crippen molar-refractivity contribution in [2.45, 2.75) is 91.8 Å². The van der Waals surface area contributed by atoms with Gasteiger partial charge in [0, 0.05) is 17.8 Å². The van der Waals surface area contributed by atoms with Gasteiger partial charge in [0.15, 0.2) is 104 Å². The summed E-state index contributed by atoms with van der Waals surface area (Å²) >= 11 is 0. The fourth-order valence-electron chi connectivity index (χ4n) is 17.8. The molecule has 101 heavy (non-hydrogen) atoms. The number of nitrogens with two attached hydrogens (primary N) is 3. The van der Waals surface area contributed by atoms with Crippen LogP contribution >= 0.6 is 7.91 Å². The number of hydrogen-bond donors (Lipinski definition) is 13. The number of amides is 3. The van der Waals surface area contributed by atoms with E-state index in [1.54, 1.807) is 39.0 Å². The number of likely N-dealkylation sites (N-methyl/N-ethyl adjacent to an activating group) is 3. The maximum Gasteiger partial charge on any atom is 1.00 e. The topological polar surface area (TPSA) is 580 Å². The molecule has 12 unspecified atom stereocenters.